The van der Waals surface area contributed by atoms with E-state index in [-0.39, 0.29) is 12.5 Å². The van der Waals surface area contributed by atoms with Gasteiger partial charge >= 0.3 is 5.97 Å². The average Bonchev–Trinajstić information content (AvgIpc) is 3.42. The van der Waals surface area contributed by atoms with E-state index < -0.39 is 18.2 Å². The number of aromatic nitrogens is 1. The van der Waals surface area contributed by atoms with Crippen LogP contribution in [0.15, 0.2) is 12.1 Å². The second kappa shape index (κ2) is 11.1. The SMILES string of the molecule is CCc1sc(C[C@H](OC2CCCC2)[C@H](O)c2cc(OC)c(C)c(OC)c2)nc1CC(=O)O. The summed E-state index contributed by atoms with van der Waals surface area (Å²) in [5.41, 5.74) is 2.13. The summed E-state index contributed by atoms with van der Waals surface area (Å²) in [6, 6.07) is 3.64. The molecule has 0 amide bonds. The third-order valence-corrected chi connectivity index (χ3v) is 7.24. The monoisotopic (exact) mass is 463 g/mol. The number of aryl methyl sites for hydroxylation is 1. The van der Waals surface area contributed by atoms with Crippen LogP contribution in [0.4, 0.5) is 0 Å². The van der Waals surface area contributed by atoms with Gasteiger partial charge in [0, 0.05) is 16.9 Å². The minimum absolute atomic E-state index is 0.0945. The predicted octanol–water partition coefficient (Wildman–Crippen LogP) is 4.26. The predicted molar refractivity (Wildman–Crippen MR) is 123 cm³/mol. The average molecular weight is 464 g/mol. The van der Waals surface area contributed by atoms with E-state index in [1.807, 2.05) is 26.0 Å². The Morgan fingerprint density at radius 1 is 1.22 bits per heavy atom. The van der Waals surface area contributed by atoms with Gasteiger partial charge in [0.1, 0.15) is 17.6 Å². The summed E-state index contributed by atoms with van der Waals surface area (Å²) in [4.78, 5) is 16.8. The molecule has 0 bridgehead atoms. The summed E-state index contributed by atoms with van der Waals surface area (Å²) in [7, 11) is 3.19. The molecule has 2 atom stereocenters. The zero-order valence-electron chi connectivity index (χ0n) is 19.2. The smallest absolute Gasteiger partial charge is 0.309 e. The van der Waals surface area contributed by atoms with Crippen molar-refractivity contribution in [3.8, 4) is 11.5 Å². The Hall–Kier alpha value is -2.16. The van der Waals surface area contributed by atoms with Crippen molar-refractivity contribution in [1.82, 2.24) is 4.98 Å². The molecule has 0 unspecified atom stereocenters. The second-order valence-corrected chi connectivity index (χ2v) is 9.35. The van der Waals surface area contributed by atoms with Gasteiger partial charge < -0.3 is 24.4 Å². The van der Waals surface area contributed by atoms with Crippen molar-refractivity contribution >= 4 is 17.3 Å². The highest BCUT2D eigenvalue weighted by Crippen LogP contribution is 2.36. The number of aliphatic hydroxyl groups is 1. The van der Waals surface area contributed by atoms with E-state index in [1.54, 1.807) is 14.2 Å². The van der Waals surface area contributed by atoms with Gasteiger partial charge in [-0.25, -0.2) is 4.98 Å². The molecular weight excluding hydrogens is 430 g/mol. The molecule has 1 aromatic heterocycles. The van der Waals surface area contributed by atoms with Crippen molar-refractivity contribution < 1.29 is 29.2 Å². The Kier molecular flexibility index (Phi) is 8.51. The van der Waals surface area contributed by atoms with Crippen LogP contribution in [0.5, 0.6) is 11.5 Å². The first-order chi connectivity index (χ1) is 15.4. The van der Waals surface area contributed by atoms with Gasteiger partial charge in [-0.3, -0.25) is 4.79 Å². The number of aliphatic hydroxyl groups excluding tert-OH is 1. The third-order valence-electron chi connectivity index (χ3n) is 5.98. The first-order valence-corrected chi connectivity index (χ1v) is 11.9. The van der Waals surface area contributed by atoms with E-state index in [0.717, 1.165) is 47.6 Å². The maximum absolute atomic E-state index is 11.4. The number of carboxylic acid groups (broad SMARTS) is 1. The Bertz CT molecular complexity index is 896. The van der Waals surface area contributed by atoms with Crippen LogP contribution in [-0.4, -0.2) is 47.6 Å². The number of aliphatic carboxylic acids is 1. The van der Waals surface area contributed by atoms with Gasteiger partial charge in [0.2, 0.25) is 0 Å². The molecular formula is C24H33NO6S. The number of thiazole rings is 1. The van der Waals surface area contributed by atoms with Gasteiger partial charge in [0.05, 0.1) is 43.5 Å². The van der Waals surface area contributed by atoms with Crippen LogP contribution in [-0.2, 0) is 28.8 Å². The van der Waals surface area contributed by atoms with Crippen LogP contribution in [0.2, 0.25) is 0 Å². The fourth-order valence-corrected chi connectivity index (χ4v) is 5.32. The molecule has 1 aromatic carbocycles. The van der Waals surface area contributed by atoms with E-state index in [9.17, 15) is 15.0 Å². The van der Waals surface area contributed by atoms with E-state index in [2.05, 4.69) is 4.98 Å². The van der Waals surface area contributed by atoms with E-state index in [1.165, 1.54) is 11.3 Å². The number of carboxylic acids is 1. The number of carbonyl (C=O) groups is 1. The summed E-state index contributed by atoms with van der Waals surface area (Å²) in [6.45, 7) is 3.90. The Balaban J connectivity index is 1.91. The van der Waals surface area contributed by atoms with Crippen molar-refractivity contribution in [2.45, 2.75) is 77.1 Å². The number of nitrogens with zero attached hydrogens (tertiary/aromatic N) is 1. The molecule has 1 aliphatic carbocycles. The number of hydrogen-bond acceptors (Lipinski definition) is 7. The van der Waals surface area contributed by atoms with Crippen LogP contribution < -0.4 is 9.47 Å². The zero-order chi connectivity index (χ0) is 23.3. The Morgan fingerprint density at radius 3 is 2.38 bits per heavy atom. The fourth-order valence-electron chi connectivity index (χ4n) is 4.25. The normalized spacial score (nSPS) is 16.2. The van der Waals surface area contributed by atoms with Crippen LogP contribution in [0.25, 0.3) is 0 Å². The molecule has 0 spiro atoms. The molecule has 3 rings (SSSR count). The summed E-state index contributed by atoms with van der Waals surface area (Å²) in [6.07, 6.45) is 3.93. The van der Waals surface area contributed by atoms with Gasteiger partial charge in [-0.15, -0.1) is 11.3 Å². The summed E-state index contributed by atoms with van der Waals surface area (Å²) in [5.74, 6) is 0.391. The number of rotatable bonds is 11. The minimum Gasteiger partial charge on any atom is -0.496 e. The van der Waals surface area contributed by atoms with Crippen LogP contribution in [0, 0.1) is 6.92 Å². The molecule has 0 aliphatic heterocycles. The van der Waals surface area contributed by atoms with Crippen molar-refractivity contribution in [3.05, 3.63) is 38.8 Å². The second-order valence-electron chi connectivity index (χ2n) is 8.18. The standard InChI is InChI=1S/C24H33NO6S/c1-5-21-17(12-23(26)27)25-22(32-21)13-20(31-16-8-6-7-9-16)24(28)15-10-18(29-3)14(2)19(11-15)30-4/h10-11,16,20,24,28H,5-9,12-13H2,1-4H3,(H,26,27)/t20-,24+/m0/s1. The molecule has 0 radical (unpaired) electrons. The molecule has 1 aliphatic rings. The number of hydrogen-bond donors (Lipinski definition) is 2. The topological polar surface area (TPSA) is 98.1 Å². The number of benzene rings is 1. The highest BCUT2D eigenvalue weighted by molar-refractivity contribution is 7.11. The summed E-state index contributed by atoms with van der Waals surface area (Å²) in [5, 5.41) is 21.3. The molecule has 32 heavy (non-hydrogen) atoms. The zero-order valence-corrected chi connectivity index (χ0v) is 20.0. The first-order valence-electron chi connectivity index (χ1n) is 11.1. The van der Waals surface area contributed by atoms with Crippen molar-refractivity contribution in [2.24, 2.45) is 0 Å². The van der Waals surface area contributed by atoms with E-state index in [0.29, 0.717) is 29.2 Å². The molecule has 1 heterocycles. The number of ether oxygens (including phenoxy) is 3. The summed E-state index contributed by atoms with van der Waals surface area (Å²) >= 11 is 1.50. The quantitative estimate of drug-likeness (QED) is 0.514. The lowest BCUT2D eigenvalue weighted by atomic mass is 9.99. The molecule has 1 saturated carbocycles. The maximum Gasteiger partial charge on any atom is 0.309 e. The molecule has 7 nitrogen and oxygen atoms in total. The summed E-state index contributed by atoms with van der Waals surface area (Å²) < 4.78 is 17.4. The number of methoxy groups -OCH3 is 2. The first kappa shape index (κ1) is 24.5. The highest BCUT2D eigenvalue weighted by atomic mass is 32.1. The minimum atomic E-state index is -0.907. The van der Waals surface area contributed by atoms with E-state index in [4.69, 9.17) is 14.2 Å². The lowest BCUT2D eigenvalue weighted by Gasteiger charge is -2.27. The fraction of sp³-hybridized carbons (Fsp3) is 0.583. The molecule has 0 saturated heterocycles. The van der Waals surface area contributed by atoms with Crippen molar-refractivity contribution in [3.63, 3.8) is 0 Å². The molecule has 2 aromatic rings. The van der Waals surface area contributed by atoms with Gasteiger partial charge in [0.25, 0.3) is 0 Å². The Morgan fingerprint density at radius 2 is 1.84 bits per heavy atom. The van der Waals surface area contributed by atoms with Gasteiger partial charge in [-0.05, 0) is 43.9 Å². The molecule has 8 heteroatoms. The van der Waals surface area contributed by atoms with Crippen LogP contribution >= 0.6 is 11.3 Å². The molecule has 1 fully saturated rings. The lowest BCUT2D eigenvalue weighted by Crippen LogP contribution is -2.29. The van der Waals surface area contributed by atoms with Crippen LogP contribution in [0.1, 0.15) is 65.4 Å². The maximum atomic E-state index is 11.4. The van der Waals surface area contributed by atoms with E-state index >= 15 is 0 Å². The van der Waals surface area contributed by atoms with Crippen molar-refractivity contribution in [1.29, 1.82) is 0 Å². The van der Waals surface area contributed by atoms with Gasteiger partial charge in [0.15, 0.2) is 0 Å². The highest BCUT2D eigenvalue weighted by Gasteiger charge is 2.30. The van der Waals surface area contributed by atoms with Crippen LogP contribution in [0.3, 0.4) is 0 Å². The Labute approximate surface area is 193 Å². The molecule has 176 valence electrons. The molecule has 2 N–H and O–H groups in total. The third kappa shape index (κ3) is 5.79. The van der Waals surface area contributed by atoms with Crippen molar-refractivity contribution in [2.75, 3.05) is 14.2 Å². The van der Waals surface area contributed by atoms with Gasteiger partial charge in [-0.2, -0.15) is 0 Å². The lowest BCUT2D eigenvalue weighted by molar-refractivity contribution is -0.136. The van der Waals surface area contributed by atoms with Gasteiger partial charge in [-0.1, -0.05) is 19.8 Å². The largest absolute Gasteiger partial charge is 0.496 e.